The molecule has 4 aliphatic rings. The van der Waals surface area contributed by atoms with Crippen LogP contribution in [0.15, 0.2) is 0 Å². The summed E-state index contributed by atoms with van der Waals surface area (Å²) in [6.07, 6.45) is 11.6. The van der Waals surface area contributed by atoms with Crippen molar-refractivity contribution in [2.75, 3.05) is 0 Å². The third kappa shape index (κ3) is 2.20. The van der Waals surface area contributed by atoms with E-state index in [1.165, 1.54) is 51.4 Å². The number of aliphatic hydroxyl groups excluding tert-OH is 1. The monoisotopic (exact) mass is 327 g/mol. The summed E-state index contributed by atoms with van der Waals surface area (Å²) >= 11 is 0. The Kier molecular flexibility index (Phi) is 4.37. The van der Waals surface area contributed by atoms with Crippen molar-refractivity contribution in [3.8, 4) is 0 Å². The van der Waals surface area contributed by atoms with Gasteiger partial charge in [-0.15, -0.1) is 12.4 Å². The summed E-state index contributed by atoms with van der Waals surface area (Å²) in [6.45, 7) is 4.98. The SMILES string of the molecule is CC12CCC3C(CCC4CC(N)CCC43C)C1CCC2O.Cl. The van der Waals surface area contributed by atoms with E-state index in [1.807, 2.05) is 0 Å². The highest BCUT2D eigenvalue weighted by molar-refractivity contribution is 5.85. The van der Waals surface area contributed by atoms with E-state index < -0.39 is 0 Å². The van der Waals surface area contributed by atoms with Crippen LogP contribution in [0.2, 0.25) is 0 Å². The fourth-order valence-corrected chi connectivity index (χ4v) is 7.26. The maximum atomic E-state index is 10.5. The van der Waals surface area contributed by atoms with Gasteiger partial charge in [-0.3, -0.25) is 0 Å². The Bertz CT molecular complexity index is 430. The van der Waals surface area contributed by atoms with Crippen LogP contribution in [0.5, 0.6) is 0 Å². The van der Waals surface area contributed by atoms with Crippen molar-refractivity contribution in [1.29, 1.82) is 0 Å². The van der Waals surface area contributed by atoms with Crippen molar-refractivity contribution in [2.24, 2.45) is 40.2 Å². The normalized spacial score (nSPS) is 57.3. The van der Waals surface area contributed by atoms with Gasteiger partial charge in [-0.05, 0) is 92.3 Å². The zero-order chi connectivity index (χ0) is 14.8. The zero-order valence-corrected chi connectivity index (χ0v) is 15.1. The average Bonchev–Trinajstić information content (AvgIpc) is 2.76. The van der Waals surface area contributed by atoms with Crippen LogP contribution in [0.25, 0.3) is 0 Å². The molecule has 4 fully saturated rings. The topological polar surface area (TPSA) is 46.2 Å². The van der Waals surface area contributed by atoms with Crippen molar-refractivity contribution in [3.63, 3.8) is 0 Å². The molecule has 0 aromatic heterocycles. The van der Waals surface area contributed by atoms with E-state index in [9.17, 15) is 5.11 Å². The molecule has 0 bridgehead atoms. The molecule has 0 aromatic carbocycles. The van der Waals surface area contributed by atoms with Crippen molar-refractivity contribution in [3.05, 3.63) is 0 Å². The molecule has 0 amide bonds. The van der Waals surface area contributed by atoms with E-state index in [0.29, 0.717) is 11.5 Å². The number of fused-ring (bicyclic) bond motifs is 5. The first-order chi connectivity index (χ1) is 9.95. The summed E-state index contributed by atoms with van der Waals surface area (Å²) in [5.41, 5.74) is 7.04. The van der Waals surface area contributed by atoms with Gasteiger partial charge in [-0.1, -0.05) is 13.8 Å². The second-order valence-electron chi connectivity index (χ2n) is 9.33. The van der Waals surface area contributed by atoms with Crippen LogP contribution >= 0.6 is 12.4 Å². The standard InChI is InChI=1S/C19H33NO.ClH/c1-18-9-7-13(20)11-12(18)3-4-14-15-5-6-17(21)19(15,2)10-8-16(14)18;/h12-17,21H,3-11,20H2,1-2H3;1H. The molecule has 4 saturated carbocycles. The van der Waals surface area contributed by atoms with E-state index in [4.69, 9.17) is 5.73 Å². The van der Waals surface area contributed by atoms with Crippen molar-refractivity contribution in [1.82, 2.24) is 0 Å². The Morgan fingerprint density at radius 1 is 0.864 bits per heavy atom. The molecule has 2 nitrogen and oxygen atoms in total. The lowest BCUT2D eigenvalue weighted by Gasteiger charge is -2.60. The smallest absolute Gasteiger partial charge is 0.0596 e. The minimum atomic E-state index is -0.0336. The molecular weight excluding hydrogens is 294 g/mol. The second kappa shape index (κ2) is 5.63. The van der Waals surface area contributed by atoms with Gasteiger partial charge in [0.25, 0.3) is 0 Å². The summed E-state index contributed by atoms with van der Waals surface area (Å²) in [7, 11) is 0. The molecule has 0 heterocycles. The fourth-order valence-electron chi connectivity index (χ4n) is 7.26. The molecule has 3 N–H and O–H groups in total. The lowest BCUT2D eigenvalue weighted by molar-refractivity contribution is -0.122. The minimum absolute atomic E-state index is 0. The molecule has 0 spiro atoms. The number of hydrogen-bond donors (Lipinski definition) is 2. The minimum Gasteiger partial charge on any atom is -0.393 e. The largest absolute Gasteiger partial charge is 0.393 e. The fraction of sp³-hybridized carbons (Fsp3) is 1.00. The number of halogens is 1. The van der Waals surface area contributed by atoms with Crippen LogP contribution < -0.4 is 5.73 Å². The highest BCUT2D eigenvalue weighted by Crippen LogP contribution is 2.66. The molecule has 22 heavy (non-hydrogen) atoms. The number of nitrogens with two attached hydrogens (primary N) is 1. The molecule has 0 saturated heterocycles. The molecular formula is C19H34ClNO. The quantitative estimate of drug-likeness (QED) is 0.702. The van der Waals surface area contributed by atoms with Crippen LogP contribution in [-0.2, 0) is 0 Å². The van der Waals surface area contributed by atoms with E-state index in [1.54, 1.807) is 0 Å². The van der Waals surface area contributed by atoms with Gasteiger partial charge >= 0.3 is 0 Å². The predicted molar refractivity (Wildman–Crippen MR) is 93.0 cm³/mol. The molecule has 8 atom stereocenters. The van der Waals surface area contributed by atoms with Gasteiger partial charge in [0.05, 0.1) is 6.10 Å². The van der Waals surface area contributed by atoms with Gasteiger partial charge in [0, 0.05) is 6.04 Å². The lowest BCUT2D eigenvalue weighted by Crippen LogP contribution is -2.55. The molecule has 8 unspecified atom stereocenters. The van der Waals surface area contributed by atoms with E-state index >= 15 is 0 Å². The van der Waals surface area contributed by atoms with Crippen LogP contribution in [0.3, 0.4) is 0 Å². The van der Waals surface area contributed by atoms with Crippen molar-refractivity contribution >= 4 is 12.4 Å². The van der Waals surface area contributed by atoms with E-state index in [0.717, 1.165) is 30.1 Å². The summed E-state index contributed by atoms with van der Waals surface area (Å²) < 4.78 is 0. The van der Waals surface area contributed by atoms with Gasteiger partial charge in [-0.25, -0.2) is 0 Å². The maximum Gasteiger partial charge on any atom is 0.0596 e. The molecule has 0 aliphatic heterocycles. The van der Waals surface area contributed by atoms with Gasteiger partial charge in [-0.2, -0.15) is 0 Å². The molecule has 4 rings (SSSR count). The van der Waals surface area contributed by atoms with Gasteiger partial charge in [0.2, 0.25) is 0 Å². The number of aliphatic hydroxyl groups is 1. The Morgan fingerprint density at radius 2 is 1.55 bits per heavy atom. The Labute approximate surface area is 142 Å². The summed E-state index contributed by atoms with van der Waals surface area (Å²) in [5.74, 6) is 3.46. The summed E-state index contributed by atoms with van der Waals surface area (Å²) in [4.78, 5) is 0. The molecule has 4 aliphatic carbocycles. The number of hydrogen-bond acceptors (Lipinski definition) is 2. The Balaban J connectivity index is 0.00000144. The first kappa shape index (κ1) is 17.0. The van der Waals surface area contributed by atoms with Gasteiger partial charge in [0.15, 0.2) is 0 Å². The summed E-state index contributed by atoms with van der Waals surface area (Å²) in [6, 6.07) is 0.460. The van der Waals surface area contributed by atoms with Crippen LogP contribution in [0.4, 0.5) is 0 Å². The van der Waals surface area contributed by atoms with Crippen LogP contribution in [0, 0.1) is 34.5 Å². The van der Waals surface area contributed by atoms with Gasteiger partial charge < -0.3 is 10.8 Å². The third-order valence-electron chi connectivity index (χ3n) is 8.66. The lowest BCUT2D eigenvalue weighted by atomic mass is 9.45. The molecule has 0 aromatic rings. The van der Waals surface area contributed by atoms with E-state index in [-0.39, 0.29) is 23.9 Å². The predicted octanol–water partition coefficient (Wildman–Crippen LogP) is 4.14. The highest BCUT2D eigenvalue weighted by Gasteiger charge is 2.59. The van der Waals surface area contributed by atoms with Crippen LogP contribution in [0.1, 0.15) is 71.6 Å². The Morgan fingerprint density at radius 3 is 2.32 bits per heavy atom. The zero-order valence-electron chi connectivity index (χ0n) is 14.3. The average molecular weight is 328 g/mol. The number of rotatable bonds is 0. The third-order valence-corrected chi connectivity index (χ3v) is 8.66. The molecule has 128 valence electrons. The maximum absolute atomic E-state index is 10.5. The van der Waals surface area contributed by atoms with Gasteiger partial charge in [0.1, 0.15) is 0 Å². The molecule has 0 radical (unpaired) electrons. The first-order valence-corrected chi connectivity index (χ1v) is 9.39. The van der Waals surface area contributed by atoms with Crippen LogP contribution in [-0.4, -0.2) is 17.3 Å². The Hall–Kier alpha value is 0.210. The highest BCUT2D eigenvalue weighted by atomic mass is 35.5. The summed E-state index contributed by atoms with van der Waals surface area (Å²) in [5, 5.41) is 10.5. The molecule has 3 heteroatoms. The van der Waals surface area contributed by atoms with Crippen molar-refractivity contribution < 1.29 is 5.11 Å². The van der Waals surface area contributed by atoms with E-state index in [2.05, 4.69) is 13.8 Å². The first-order valence-electron chi connectivity index (χ1n) is 9.39. The second-order valence-corrected chi connectivity index (χ2v) is 9.33. The van der Waals surface area contributed by atoms with Crippen molar-refractivity contribution in [2.45, 2.75) is 83.8 Å².